The van der Waals surface area contributed by atoms with Crippen LogP contribution < -0.4 is 0 Å². The number of Topliss-reactive ketones (excluding diaryl/α,β-unsaturated/α-hetero) is 1. The molecule has 0 aromatic rings. The molecule has 0 bridgehead atoms. The van der Waals surface area contributed by atoms with E-state index in [0.29, 0.717) is 0 Å². The Labute approximate surface area is 75.3 Å². The molecule has 0 N–H and O–H groups in total. The van der Waals surface area contributed by atoms with E-state index < -0.39 is 0 Å². The molecule has 0 saturated heterocycles. The van der Waals surface area contributed by atoms with E-state index in [0.717, 1.165) is 12.8 Å². The third kappa shape index (κ3) is 5.30. The molecule has 1 unspecified atom stereocenters. The van der Waals surface area contributed by atoms with Crippen LogP contribution in [0.3, 0.4) is 0 Å². The molecule has 0 rings (SSSR count). The van der Waals surface area contributed by atoms with Crippen molar-refractivity contribution in [1.29, 1.82) is 0 Å². The van der Waals surface area contributed by atoms with Gasteiger partial charge in [0.05, 0.1) is 6.10 Å². The Balaban J connectivity index is 3.47. The van der Waals surface area contributed by atoms with Gasteiger partial charge in [-0.1, -0.05) is 27.2 Å². The van der Waals surface area contributed by atoms with Crippen LogP contribution in [0.1, 0.15) is 40.5 Å². The first kappa shape index (κ1) is 11.6. The van der Waals surface area contributed by atoms with Crippen LogP contribution in [0.4, 0.5) is 0 Å². The Morgan fingerprint density at radius 3 is 2.33 bits per heavy atom. The van der Waals surface area contributed by atoms with Gasteiger partial charge in [-0.3, -0.25) is 4.79 Å². The van der Waals surface area contributed by atoms with Crippen molar-refractivity contribution in [3.63, 3.8) is 0 Å². The number of hydrogen-bond donors (Lipinski definition) is 0. The largest absolute Gasteiger partial charge is 0.371 e. The normalized spacial score (nSPS) is 13.4. The highest BCUT2D eigenvalue weighted by Crippen LogP contribution is 2.02. The van der Waals surface area contributed by atoms with Gasteiger partial charge in [0.15, 0.2) is 5.78 Å². The molecule has 0 spiro atoms. The fourth-order valence-electron chi connectivity index (χ4n) is 0.881. The lowest BCUT2D eigenvalue weighted by atomic mass is 10.1. The summed E-state index contributed by atoms with van der Waals surface area (Å²) in [5, 5.41) is 0. The van der Waals surface area contributed by atoms with Crippen molar-refractivity contribution in [3.05, 3.63) is 0 Å². The quantitative estimate of drug-likeness (QED) is 0.615. The molecule has 72 valence electrons. The molecule has 2 nitrogen and oxygen atoms in total. The first-order valence-electron chi connectivity index (χ1n) is 4.72. The van der Waals surface area contributed by atoms with E-state index in [4.69, 9.17) is 4.74 Å². The summed E-state index contributed by atoms with van der Waals surface area (Å²) in [7, 11) is 0. The van der Waals surface area contributed by atoms with Crippen molar-refractivity contribution >= 4 is 5.78 Å². The summed E-state index contributed by atoms with van der Waals surface area (Å²) in [5.74, 6) is 0.289. The minimum absolute atomic E-state index is 0.0961. The van der Waals surface area contributed by atoms with Crippen LogP contribution in [0.15, 0.2) is 0 Å². The Hall–Kier alpha value is -0.370. The monoisotopic (exact) mass is 172 g/mol. The first-order chi connectivity index (χ1) is 5.57. The minimum atomic E-state index is 0.0961. The van der Waals surface area contributed by atoms with Crippen molar-refractivity contribution in [3.8, 4) is 0 Å². The molecule has 0 fully saturated rings. The van der Waals surface area contributed by atoms with Crippen LogP contribution >= 0.6 is 0 Å². The van der Waals surface area contributed by atoms with Gasteiger partial charge in [-0.15, -0.1) is 0 Å². The topological polar surface area (TPSA) is 26.3 Å². The van der Waals surface area contributed by atoms with Crippen molar-refractivity contribution in [2.45, 2.75) is 46.6 Å². The van der Waals surface area contributed by atoms with E-state index in [1.807, 2.05) is 20.8 Å². The molecular weight excluding hydrogens is 152 g/mol. The maximum absolute atomic E-state index is 11.1. The Bertz CT molecular complexity index is 130. The van der Waals surface area contributed by atoms with Gasteiger partial charge in [-0.25, -0.2) is 0 Å². The van der Waals surface area contributed by atoms with E-state index >= 15 is 0 Å². The summed E-state index contributed by atoms with van der Waals surface area (Å²) in [4.78, 5) is 11.1. The molecule has 0 aromatic carbocycles. The maximum Gasteiger partial charge on any atom is 0.160 e. The van der Waals surface area contributed by atoms with E-state index in [-0.39, 0.29) is 24.4 Å². The molecule has 0 heterocycles. The lowest BCUT2D eigenvalue weighted by Gasteiger charge is -2.11. The SMILES string of the molecule is CCCC(C)OCC(=O)C(C)C. The van der Waals surface area contributed by atoms with Gasteiger partial charge in [0, 0.05) is 5.92 Å². The van der Waals surface area contributed by atoms with E-state index in [1.165, 1.54) is 0 Å². The minimum Gasteiger partial charge on any atom is -0.371 e. The highest BCUT2D eigenvalue weighted by molar-refractivity contribution is 5.81. The molecule has 0 radical (unpaired) electrons. The second kappa shape index (κ2) is 6.18. The van der Waals surface area contributed by atoms with Crippen LogP contribution in [-0.2, 0) is 9.53 Å². The number of carbonyl (C=O) groups is 1. The average molecular weight is 172 g/mol. The maximum atomic E-state index is 11.1. The third-order valence-electron chi connectivity index (χ3n) is 1.85. The molecule has 0 saturated carbocycles. The van der Waals surface area contributed by atoms with Gasteiger partial charge >= 0.3 is 0 Å². The summed E-state index contributed by atoms with van der Waals surface area (Å²) >= 11 is 0. The first-order valence-corrected chi connectivity index (χ1v) is 4.72. The van der Waals surface area contributed by atoms with Crippen LogP contribution in [0.2, 0.25) is 0 Å². The van der Waals surface area contributed by atoms with Crippen LogP contribution in [0.25, 0.3) is 0 Å². The van der Waals surface area contributed by atoms with Crippen LogP contribution in [0, 0.1) is 5.92 Å². The molecular formula is C10H20O2. The van der Waals surface area contributed by atoms with E-state index in [2.05, 4.69) is 6.92 Å². The third-order valence-corrected chi connectivity index (χ3v) is 1.85. The molecule has 1 atom stereocenters. The van der Waals surface area contributed by atoms with Gasteiger partial charge in [-0.2, -0.15) is 0 Å². The zero-order chi connectivity index (χ0) is 9.56. The van der Waals surface area contributed by atoms with Crippen molar-refractivity contribution in [1.82, 2.24) is 0 Å². The average Bonchev–Trinajstić information content (AvgIpc) is 2.00. The highest BCUT2D eigenvalue weighted by Gasteiger charge is 2.09. The van der Waals surface area contributed by atoms with Gasteiger partial charge in [-0.05, 0) is 13.3 Å². The molecule has 0 aliphatic carbocycles. The Morgan fingerprint density at radius 1 is 1.33 bits per heavy atom. The number of ether oxygens (including phenoxy) is 1. The number of ketones is 1. The number of rotatable bonds is 6. The second-order valence-corrected chi connectivity index (χ2v) is 3.53. The summed E-state index contributed by atoms with van der Waals surface area (Å²) in [6.07, 6.45) is 2.36. The lowest BCUT2D eigenvalue weighted by Crippen LogP contribution is -2.19. The fourth-order valence-corrected chi connectivity index (χ4v) is 0.881. The zero-order valence-electron chi connectivity index (χ0n) is 8.59. The molecule has 0 aromatic heterocycles. The predicted octanol–water partition coefficient (Wildman–Crippen LogP) is 2.42. The van der Waals surface area contributed by atoms with E-state index in [9.17, 15) is 4.79 Å². The smallest absolute Gasteiger partial charge is 0.160 e. The standard InChI is InChI=1S/C10H20O2/c1-5-6-9(4)12-7-10(11)8(2)3/h8-9H,5-7H2,1-4H3. The number of hydrogen-bond acceptors (Lipinski definition) is 2. The van der Waals surface area contributed by atoms with Crippen LogP contribution in [0.5, 0.6) is 0 Å². The van der Waals surface area contributed by atoms with Crippen molar-refractivity contribution in [2.75, 3.05) is 6.61 Å². The summed E-state index contributed by atoms with van der Waals surface area (Å²) in [5.41, 5.74) is 0. The van der Waals surface area contributed by atoms with Gasteiger partial charge in [0.1, 0.15) is 6.61 Å². The Kier molecular flexibility index (Phi) is 5.99. The summed E-state index contributed by atoms with van der Waals surface area (Å²) in [6.45, 7) is 8.20. The predicted molar refractivity (Wildman–Crippen MR) is 50.2 cm³/mol. The van der Waals surface area contributed by atoms with Gasteiger partial charge in [0.2, 0.25) is 0 Å². The molecule has 0 aliphatic heterocycles. The number of carbonyl (C=O) groups excluding carboxylic acids is 1. The highest BCUT2D eigenvalue weighted by atomic mass is 16.5. The summed E-state index contributed by atoms with van der Waals surface area (Å²) < 4.78 is 5.36. The van der Waals surface area contributed by atoms with E-state index in [1.54, 1.807) is 0 Å². The molecule has 0 amide bonds. The Morgan fingerprint density at radius 2 is 1.92 bits per heavy atom. The van der Waals surface area contributed by atoms with Crippen molar-refractivity contribution in [2.24, 2.45) is 5.92 Å². The molecule has 0 aliphatic rings. The van der Waals surface area contributed by atoms with Gasteiger partial charge in [0.25, 0.3) is 0 Å². The lowest BCUT2D eigenvalue weighted by molar-refractivity contribution is -0.128. The van der Waals surface area contributed by atoms with Crippen molar-refractivity contribution < 1.29 is 9.53 Å². The van der Waals surface area contributed by atoms with Crippen LogP contribution in [-0.4, -0.2) is 18.5 Å². The van der Waals surface area contributed by atoms with Gasteiger partial charge < -0.3 is 4.74 Å². The summed E-state index contributed by atoms with van der Waals surface area (Å²) in [6, 6.07) is 0. The fraction of sp³-hybridized carbons (Fsp3) is 0.900. The molecule has 2 heteroatoms. The second-order valence-electron chi connectivity index (χ2n) is 3.53. The molecule has 12 heavy (non-hydrogen) atoms. The zero-order valence-corrected chi connectivity index (χ0v) is 8.59.